The Balaban J connectivity index is 2.04. The van der Waals surface area contributed by atoms with Crippen LogP contribution < -0.4 is 15.2 Å². The number of nitrogens with zero attached hydrogens (tertiary/aromatic N) is 6. The van der Waals surface area contributed by atoms with Gasteiger partial charge < -0.3 is 5.11 Å². The molecule has 0 bridgehead atoms. The first kappa shape index (κ1) is 17.4. The number of hydrogen-bond donors (Lipinski definition) is 0. The Morgan fingerprint density at radius 3 is 2.86 bits per heavy atom. The molecule has 1 aromatic carbocycles. The maximum atomic E-state index is 13.2. The van der Waals surface area contributed by atoms with Crippen molar-refractivity contribution in [1.29, 1.82) is 5.26 Å². The summed E-state index contributed by atoms with van der Waals surface area (Å²) >= 11 is 0. The molecule has 0 atom stereocenters. The summed E-state index contributed by atoms with van der Waals surface area (Å²) in [5, 5.41) is 26.7. The molecule has 0 spiro atoms. The molecule has 138 valence electrons. The Morgan fingerprint density at radius 1 is 1.29 bits per heavy atom. The molecule has 4 rings (SSSR count). The average Bonchev–Trinajstić information content (AvgIpc) is 3.26. The Labute approximate surface area is 160 Å². The van der Waals surface area contributed by atoms with E-state index in [1.165, 1.54) is 21.7 Å². The lowest BCUT2D eigenvalue weighted by Gasteiger charge is -2.17. The maximum absolute atomic E-state index is 13.2. The third-order valence-corrected chi connectivity index (χ3v) is 4.53. The SMILES string of the molecule is CCC[n+]1c([O-])c(-c2ccc(C#N)c(-n3cncn3)c2)c(=O)n2ccccc21. The fraction of sp³-hybridized carbons (Fsp3) is 0.150. The molecule has 0 saturated heterocycles. The van der Waals surface area contributed by atoms with Gasteiger partial charge in [-0.05, 0) is 30.2 Å². The van der Waals surface area contributed by atoms with Crippen LogP contribution in [0.1, 0.15) is 18.9 Å². The first-order valence-corrected chi connectivity index (χ1v) is 8.79. The van der Waals surface area contributed by atoms with Crippen LogP contribution in [0.4, 0.5) is 0 Å². The molecule has 0 aliphatic heterocycles. The zero-order valence-corrected chi connectivity index (χ0v) is 15.1. The molecule has 28 heavy (non-hydrogen) atoms. The highest BCUT2D eigenvalue weighted by Crippen LogP contribution is 2.26. The lowest BCUT2D eigenvalue weighted by molar-refractivity contribution is -0.715. The van der Waals surface area contributed by atoms with E-state index in [1.54, 1.807) is 47.2 Å². The highest BCUT2D eigenvalue weighted by Gasteiger charge is 2.20. The largest absolute Gasteiger partial charge is 0.842 e. The quantitative estimate of drug-likeness (QED) is 0.501. The Kier molecular flexibility index (Phi) is 4.33. The fourth-order valence-electron chi connectivity index (χ4n) is 3.27. The lowest BCUT2D eigenvalue weighted by Crippen LogP contribution is -2.43. The number of aryl methyl sites for hydroxylation is 1. The van der Waals surface area contributed by atoms with Crippen LogP contribution in [0.25, 0.3) is 22.5 Å². The van der Waals surface area contributed by atoms with Crippen molar-refractivity contribution in [3.05, 3.63) is 71.2 Å². The van der Waals surface area contributed by atoms with E-state index in [0.29, 0.717) is 29.0 Å². The molecule has 0 radical (unpaired) electrons. The summed E-state index contributed by atoms with van der Waals surface area (Å²) in [5.74, 6) is -0.354. The van der Waals surface area contributed by atoms with Crippen LogP contribution >= 0.6 is 0 Å². The molecule has 0 saturated carbocycles. The molecule has 0 aliphatic carbocycles. The second-order valence-corrected chi connectivity index (χ2v) is 6.25. The van der Waals surface area contributed by atoms with Gasteiger partial charge in [0, 0.05) is 6.07 Å². The molecule has 0 N–H and O–H groups in total. The van der Waals surface area contributed by atoms with Gasteiger partial charge in [-0.3, -0.25) is 0 Å². The van der Waals surface area contributed by atoms with Gasteiger partial charge in [-0.15, -0.1) is 0 Å². The van der Waals surface area contributed by atoms with Gasteiger partial charge in [0.25, 0.3) is 5.65 Å². The fourth-order valence-corrected chi connectivity index (χ4v) is 3.27. The van der Waals surface area contributed by atoms with E-state index in [1.807, 2.05) is 6.92 Å². The molecule has 0 aliphatic rings. The highest BCUT2D eigenvalue weighted by atomic mass is 16.3. The van der Waals surface area contributed by atoms with E-state index >= 15 is 0 Å². The zero-order valence-electron chi connectivity index (χ0n) is 15.1. The molecule has 8 heteroatoms. The van der Waals surface area contributed by atoms with Crippen LogP contribution in [0.3, 0.4) is 0 Å². The first-order valence-electron chi connectivity index (χ1n) is 8.79. The minimum absolute atomic E-state index is 0.0583. The van der Waals surface area contributed by atoms with Crippen molar-refractivity contribution in [3.8, 4) is 28.8 Å². The van der Waals surface area contributed by atoms with Gasteiger partial charge in [-0.25, -0.2) is 19.0 Å². The molecule has 0 unspecified atom stereocenters. The van der Waals surface area contributed by atoms with Gasteiger partial charge in [-0.1, -0.05) is 19.1 Å². The second-order valence-electron chi connectivity index (χ2n) is 6.25. The van der Waals surface area contributed by atoms with Gasteiger partial charge in [0.1, 0.15) is 24.3 Å². The predicted octanol–water partition coefficient (Wildman–Crippen LogP) is 1.19. The number of hydrogen-bond acceptors (Lipinski definition) is 5. The molecule has 0 amide bonds. The standard InChI is InChI=1S/C20H16N6O2/c1-2-8-24-17-5-3-4-9-25(17)20(28)18(19(24)27)14-6-7-15(11-21)16(10-14)26-13-22-12-23-26/h3-7,9-10,12-13H,2,8H2,1H3. The summed E-state index contributed by atoms with van der Waals surface area (Å²) in [6.45, 7) is 2.47. The van der Waals surface area contributed by atoms with Crippen LogP contribution in [0, 0.1) is 11.3 Å². The second kappa shape index (κ2) is 6.96. The summed E-state index contributed by atoms with van der Waals surface area (Å²) < 4.78 is 4.51. The number of pyridine rings is 1. The number of benzene rings is 1. The van der Waals surface area contributed by atoms with Crippen molar-refractivity contribution in [3.63, 3.8) is 0 Å². The van der Waals surface area contributed by atoms with Crippen molar-refractivity contribution < 1.29 is 9.67 Å². The van der Waals surface area contributed by atoms with Crippen LogP contribution in [0.2, 0.25) is 0 Å². The van der Waals surface area contributed by atoms with Crippen LogP contribution in [-0.4, -0.2) is 19.2 Å². The van der Waals surface area contributed by atoms with E-state index in [2.05, 4.69) is 16.2 Å². The van der Waals surface area contributed by atoms with Gasteiger partial charge in [0.2, 0.25) is 0 Å². The normalized spacial score (nSPS) is 10.9. The maximum Gasteiger partial charge on any atom is 0.349 e. The number of nitriles is 1. The first-order chi connectivity index (χ1) is 13.7. The van der Waals surface area contributed by atoms with Crippen molar-refractivity contribution >= 4 is 5.65 Å². The van der Waals surface area contributed by atoms with E-state index in [-0.39, 0.29) is 11.4 Å². The molecular formula is C20H16N6O2. The van der Waals surface area contributed by atoms with Crippen molar-refractivity contribution in [2.75, 3.05) is 0 Å². The highest BCUT2D eigenvalue weighted by molar-refractivity contribution is 5.71. The van der Waals surface area contributed by atoms with E-state index in [9.17, 15) is 15.2 Å². The van der Waals surface area contributed by atoms with Gasteiger partial charge in [0.05, 0.1) is 29.9 Å². The Morgan fingerprint density at radius 2 is 2.14 bits per heavy atom. The topological polar surface area (TPSA) is 103 Å². The molecular weight excluding hydrogens is 356 g/mol. The average molecular weight is 372 g/mol. The van der Waals surface area contributed by atoms with Crippen molar-refractivity contribution in [2.24, 2.45) is 0 Å². The summed E-state index contributed by atoms with van der Waals surface area (Å²) in [4.78, 5) is 17.0. The molecule has 3 aromatic heterocycles. The minimum atomic E-state index is -0.401. The zero-order chi connectivity index (χ0) is 19.7. The number of fused-ring (bicyclic) bond motifs is 1. The summed E-state index contributed by atoms with van der Waals surface area (Å²) in [6, 6.07) is 12.2. The Hall–Kier alpha value is -3.99. The lowest BCUT2D eigenvalue weighted by atomic mass is 10.0. The van der Waals surface area contributed by atoms with Gasteiger partial charge >= 0.3 is 5.56 Å². The molecule has 0 fully saturated rings. The van der Waals surface area contributed by atoms with Crippen molar-refractivity contribution in [2.45, 2.75) is 19.9 Å². The smallest absolute Gasteiger partial charge is 0.349 e. The molecule has 3 heterocycles. The predicted molar refractivity (Wildman–Crippen MR) is 98.7 cm³/mol. The van der Waals surface area contributed by atoms with Crippen LogP contribution in [0.5, 0.6) is 5.88 Å². The van der Waals surface area contributed by atoms with E-state index in [0.717, 1.165) is 6.42 Å². The van der Waals surface area contributed by atoms with E-state index < -0.39 is 5.56 Å². The Bertz CT molecular complexity index is 1270. The minimum Gasteiger partial charge on any atom is -0.842 e. The summed E-state index contributed by atoms with van der Waals surface area (Å²) in [6.07, 6.45) is 5.21. The third-order valence-electron chi connectivity index (χ3n) is 4.53. The number of rotatable bonds is 4. The summed E-state index contributed by atoms with van der Waals surface area (Å²) in [5.41, 5.74) is 1.46. The van der Waals surface area contributed by atoms with Gasteiger partial charge in [-0.2, -0.15) is 14.8 Å². The number of aromatic nitrogens is 5. The molecule has 4 aromatic rings. The van der Waals surface area contributed by atoms with Crippen LogP contribution in [-0.2, 0) is 6.54 Å². The van der Waals surface area contributed by atoms with Crippen molar-refractivity contribution in [1.82, 2.24) is 19.2 Å². The van der Waals surface area contributed by atoms with Gasteiger partial charge in [0.15, 0.2) is 0 Å². The monoisotopic (exact) mass is 372 g/mol. The molecule has 8 nitrogen and oxygen atoms in total. The third kappa shape index (κ3) is 2.70. The van der Waals surface area contributed by atoms with E-state index in [4.69, 9.17) is 0 Å². The summed E-state index contributed by atoms with van der Waals surface area (Å²) in [7, 11) is 0. The van der Waals surface area contributed by atoms with Crippen LogP contribution in [0.15, 0.2) is 60.0 Å².